The van der Waals surface area contributed by atoms with E-state index in [1.165, 1.54) is 12.8 Å². The second-order valence-electron chi connectivity index (χ2n) is 7.66. The maximum atomic E-state index is 13.4. The number of nitrogens with two attached hydrogens (primary N) is 1. The molecule has 0 aliphatic carbocycles. The first-order chi connectivity index (χ1) is 13.2. The van der Waals surface area contributed by atoms with E-state index in [4.69, 9.17) is 5.73 Å². The molecule has 2 bridgehead atoms. The molecule has 142 valence electrons. The van der Waals surface area contributed by atoms with Gasteiger partial charge in [-0.05, 0) is 31.7 Å². The molecule has 1 aromatic heterocycles. The van der Waals surface area contributed by atoms with Gasteiger partial charge in [-0.1, -0.05) is 37.3 Å². The van der Waals surface area contributed by atoms with Crippen LogP contribution in [0.25, 0.3) is 11.3 Å². The first-order valence-electron chi connectivity index (χ1n) is 9.87. The number of fused-ring (bicyclic) bond motifs is 4. The molecule has 6 nitrogen and oxygen atoms in total. The summed E-state index contributed by atoms with van der Waals surface area (Å²) >= 11 is 0. The summed E-state index contributed by atoms with van der Waals surface area (Å²) in [5.74, 6) is 0.758. The predicted molar refractivity (Wildman–Crippen MR) is 106 cm³/mol. The van der Waals surface area contributed by atoms with Crippen molar-refractivity contribution in [3.63, 3.8) is 0 Å². The number of hydrogen-bond donors (Lipinski definition) is 1. The van der Waals surface area contributed by atoms with Crippen molar-refractivity contribution in [1.82, 2.24) is 19.8 Å². The molecule has 6 heteroatoms. The van der Waals surface area contributed by atoms with Crippen LogP contribution in [0.3, 0.4) is 0 Å². The van der Waals surface area contributed by atoms with Gasteiger partial charge in [0.25, 0.3) is 5.91 Å². The Morgan fingerprint density at radius 2 is 2.00 bits per heavy atom. The minimum absolute atomic E-state index is 0.0177. The number of carbonyl (C=O) groups excluding carboxylic acids is 1. The van der Waals surface area contributed by atoms with Crippen LogP contribution in [0.2, 0.25) is 0 Å². The highest BCUT2D eigenvalue weighted by atomic mass is 16.2. The van der Waals surface area contributed by atoms with Gasteiger partial charge in [-0.2, -0.15) is 0 Å². The molecule has 3 saturated heterocycles. The lowest BCUT2D eigenvalue weighted by Crippen LogP contribution is -2.44. The Hall–Kier alpha value is -2.47. The summed E-state index contributed by atoms with van der Waals surface area (Å²) in [6.45, 7) is 6.04. The number of anilines is 1. The van der Waals surface area contributed by atoms with Crippen molar-refractivity contribution in [3.05, 3.63) is 42.1 Å². The van der Waals surface area contributed by atoms with Crippen molar-refractivity contribution in [2.75, 3.05) is 31.9 Å². The summed E-state index contributed by atoms with van der Waals surface area (Å²) in [7, 11) is 0. The number of piperidine rings is 1. The second kappa shape index (κ2) is 7.64. The molecule has 1 aromatic carbocycles. The molecule has 2 N–H and O–H groups in total. The molecule has 4 heterocycles. The van der Waals surface area contributed by atoms with E-state index < -0.39 is 0 Å². The molecule has 1 amide bonds. The molecule has 0 saturated carbocycles. The van der Waals surface area contributed by atoms with Gasteiger partial charge in [-0.15, -0.1) is 0 Å². The van der Waals surface area contributed by atoms with Gasteiger partial charge in [0, 0.05) is 37.4 Å². The maximum Gasteiger partial charge on any atom is 0.257 e. The Kier molecular flexibility index (Phi) is 5.07. The molecule has 2 aromatic rings. The van der Waals surface area contributed by atoms with Gasteiger partial charge in [0.2, 0.25) is 5.95 Å². The number of benzene rings is 1. The van der Waals surface area contributed by atoms with Gasteiger partial charge < -0.3 is 10.6 Å². The number of rotatable bonds is 4. The highest BCUT2D eigenvalue weighted by molar-refractivity contribution is 5.99. The van der Waals surface area contributed by atoms with Crippen molar-refractivity contribution in [2.45, 2.75) is 32.2 Å². The van der Waals surface area contributed by atoms with Gasteiger partial charge >= 0.3 is 0 Å². The predicted octanol–water partition coefficient (Wildman–Crippen LogP) is 2.67. The van der Waals surface area contributed by atoms with Gasteiger partial charge in [0.1, 0.15) is 0 Å². The number of hydrogen-bond acceptors (Lipinski definition) is 5. The Morgan fingerprint density at radius 3 is 2.78 bits per heavy atom. The van der Waals surface area contributed by atoms with Crippen LogP contribution in [0.5, 0.6) is 0 Å². The summed E-state index contributed by atoms with van der Waals surface area (Å²) in [5, 5.41) is 0. The number of nitrogens with zero attached hydrogens (tertiary/aromatic N) is 4. The standard InChI is InChI=1S/C21H27N5O/c1-2-10-25-12-15-8-9-17(25)14-26(13-15)20(27)18-11-23-21(22)24-19(18)16-6-4-3-5-7-16/h3-7,11,15,17H,2,8-10,12-14H2,1H3,(H2,22,23,24)/t15-,17-/m1/s1. The third kappa shape index (κ3) is 3.67. The Morgan fingerprint density at radius 1 is 1.19 bits per heavy atom. The zero-order valence-corrected chi connectivity index (χ0v) is 15.8. The van der Waals surface area contributed by atoms with E-state index in [1.807, 2.05) is 35.2 Å². The van der Waals surface area contributed by atoms with Crippen LogP contribution in [0.1, 0.15) is 36.5 Å². The van der Waals surface area contributed by atoms with Crippen molar-refractivity contribution in [3.8, 4) is 11.3 Å². The minimum atomic E-state index is 0.0177. The third-order valence-corrected chi connectivity index (χ3v) is 5.71. The fourth-order valence-electron chi connectivity index (χ4n) is 4.44. The van der Waals surface area contributed by atoms with E-state index >= 15 is 0 Å². The fraction of sp³-hybridized carbons (Fsp3) is 0.476. The molecule has 0 radical (unpaired) electrons. The number of amides is 1. The van der Waals surface area contributed by atoms with Crippen LogP contribution in [0, 0.1) is 5.92 Å². The van der Waals surface area contributed by atoms with Crippen molar-refractivity contribution >= 4 is 11.9 Å². The van der Waals surface area contributed by atoms with Gasteiger partial charge in [0.15, 0.2) is 0 Å². The Bertz CT molecular complexity index is 809. The first kappa shape index (κ1) is 17.9. The second-order valence-corrected chi connectivity index (χ2v) is 7.66. The molecule has 5 rings (SSSR count). The topological polar surface area (TPSA) is 75.3 Å². The third-order valence-electron chi connectivity index (χ3n) is 5.71. The van der Waals surface area contributed by atoms with Crippen LogP contribution in [-0.4, -0.2) is 57.9 Å². The molecule has 0 spiro atoms. The van der Waals surface area contributed by atoms with Crippen LogP contribution in [-0.2, 0) is 0 Å². The number of aromatic nitrogens is 2. The van der Waals surface area contributed by atoms with Crippen molar-refractivity contribution in [2.24, 2.45) is 5.92 Å². The van der Waals surface area contributed by atoms with E-state index in [1.54, 1.807) is 6.20 Å². The summed E-state index contributed by atoms with van der Waals surface area (Å²) in [6.07, 6.45) is 5.13. The molecule has 3 aliphatic heterocycles. The minimum Gasteiger partial charge on any atom is -0.368 e. The summed E-state index contributed by atoms with van der Waals surface area (Å²) in [6, 6.07) is 10.2. The van der Waals surface area contributed by atoms with Crippen molar-refractivity contribution < 1.29 is 4.79 Å². The lowest BCUT2D eigenvalue weighted by molar-refractivity contribution is 0.0738. The lowest BCUT2D eigenvalue weighted by atomic mass is 9.95. The summed E-state index contributed by atoms with van der Waals surface area (Å²) in [4.78, 5) is 26.5. The normalized spacial score (nSPS) is 22.6. The summed E-state index contributed by atoms with van der Waals surface area (Å²) < 4.78 is 0. The van der Waals surface area contributed by atoms with Crippen LogP contribution in [0.4, 0.5) is 5.95 Å². The Balaban J connectivity index is 1.64. The largest absolute Gasteiger partial charge is 0.368 e. The van der Waals surface area contributed by atoms with Crippen molar-refractivity contribution in [1.29, 1.82) is 0 Å². The average molecular weight is 365 g/mol. The SMILES string of the molecule is CCCN1C[C@H]2CC[C@@H]1CN(C(=O)c1cnc(N)nc1-c1ccccc1)C2. The smallest absolute Gasteiger partial charge is 0.257 e. The van der Waals surface area contributed by atoms with Gasteiger partial charge in [0.05, 0.1) is 11.3 Å². The highest BCUT2D eigenvalue weighted by Crippen LogP contribution is 2.30. The maximum absolute atomic E-state index is 13.4. The van der Waals surface area contributed by atoms with Crippen LogP contribution >= 0.6 is 0 Å². The van der Waals surface area contributed by atoms with E-state index in [9.17, 15) is 4.79 Å². The zero-order chi connectivity index (χ0) is 18.8. The molecule has 2 atom stereocenters. The molecule has 27 heavy (non-hydrogen) atoms. The van der Waals surface area contributed by atoms with E-state index in [2.05, 4.69) is 21.8 Å². The number of carbonyl (C=O) groups is 1. The highest BCUT2D eigenvalue weighted by Gasteiger charge is 2.36. The molecular weight excluding hydrogens is 338 g/mol. The molecule has 3 fully saturated rings. The van der Waals surface area contributed by atoms with Gasteiger partial charge in [-0.25, -0.2) is 9.97 Å². The van der Waals surface area contributed by atoms with E-state index in [0.717, 1.165) is 38.2 Å². The fourth-order valence-corrected chi connectivity index (χ4v) is 4.44. The average Bonchev–Trinajstić information content (AvgIpc) is 3.00. The van der Waals surface area contributed by atoms with Crippen LogP contribution < -0.4 is 5.73 Å². The molecule has 3 aliphatic rings. The van der Waals surface area contributed by atoms with E-state index in [-0.39, 0.29) is 11.9 Å². The molecule has 0 unspecified atom stereocenters. The molecular formula is C21H27N5O. The first-order valence-corrected chi connectivity index (χ1v) is 9.87. The number of nitrogen functional groups attached to an aromatic ring is 1. The monoisotopic (exact) mass is 365 g/mol. The Labute approximate surface area is 160 Å². The summed E-state index contributed by atoms with van der Waals surface area (Å²) in [5.41, 5.74) is 7.87. The zero-order valence-electron chi connectivity index (χ0n) is 15.8. The van der Waals surface area contributed by atoms with Crippen LogP contribution in [0.15, 0.2) is 36.5 Å². The van der Waals surface area contributed by atoms with Gasteiger partial charge in [-0.3, -0.25) is 9.69 Å². The van der Waals surface area contributed by atoms with E-state index in [0.29, 0.717) is 23.2 Å². The lowest BCUT2D eigenvalue weighted by Gasteiger charge is -2.35. The quantitative estimate of drug-likeness (QED) is 0.901.